The molecule has 0 radical (unpaired) electrons. The van der Waals surface area contributed by atoms with Crippen LogP contribution in [0.4, 0.5) is 4.79 Å². The Morgan fingerprint density at radius 1 is 1.40 bits per heavy atom. The minimum atomic E-state index is -0.879. The average Bonchev–Trinajstić information content (AvgIpc) is 3.21. The molecule has 108 valence electrons. The summed E-state index contributed by atoms with van der Waals surface area (Å²) in [7, 11) is 0. The van der Waals surface area contributed by atoms with Crippen molar-refractivity contribution in [3.8, 4) is 0 Å². The monoisotopic (exact) mass is 340 g/mol. The number of carboxylic acid groups (broad SMARTS) is 1. The molecule has 1 aliphatic carbocycles. The number of amides is 2. The van der Waals surface area contributed by atoms with E-state index in [4.69, 9.17) is 5.11 Å². The molecule has 1 fully saturated rings. The maximum Gasteiger partial charge on any atom is 0.317 e. The number of hydrogen-bond acceptors (Lipinski definition) is 2. The zero-order valence-corrected chi connectivity index (χ0v) is 12.6. The van der Waals surface area contributed by atoms with Crippen LogP contribution < -0.4 is 5.32 Å². The van der Waals surface area contributed by atoms with Crippen LogP contribution in [0.15, 0.2) is 28.7 Å². The molecule has 6 heteroatoms. The zero-order valence-electron chi connectivity index (χ0n) is 11.0. The van der Waals surface area contributed by atoms with E-state index in [9.17, 15) is 9.59 Å². The number of halogens is 1. The molecule has 0 saturated heterocycles. The Balaban J connectivity index is 1.86. The van der Waals surface area contributed by atoms with Crippen molar-refractivity contribution in [2.75, 3.05) is 6.54 Å². The number of benzene rings is 1. The van der Waals surface area contributed by atoms with E-state index in [0.29, 0.717) is 6.54 Å². The summed E-state index contributed by atoms with van der Waals surface area (Å²) in [5.74, 6) is -0.879. The van der Waals surface area contributed by atoms with E-state index in [-0.39, 0.29) is 25.0 Å². The summed E-state index contributed by atoms with van der Waals surface area (Å²) in [4.78, 5) is 24.4. The normalized spacial score (nSPS) is 13.8. The van der Waals surface area contributed by atoms with Gasteiger partial charge in [0.2, 0.25) is 0 Å². The Morgan fingerprint density at radius 2 is 2.15 bits per heavy atom. The van der Waals surface area contributed by atoms with Crippen LogP contribution in [0.5, 0.6) is 0 Å². The van der Waals surface area contributed by atoms with Gasteiger partial charge in [0.05, 0.1) is 6.42 Å². The van der Waals surface area contributed by atoms with Gasteiger partial charge in [0, 0.05) is 23.6 Å². The Hall–Kier alpha value is -1.56. The molecule has 2 N–H and O–H groups in total. The fourth-order valence-electron chi connectivity index (χ4n) is 1.98. The van der Waals surface area contributed by atoms with Crippen LogP contribution in [-0.4, -0.2) is 34.6 Å². The summed E-state index contributed by atoms with van der Waals surface area (Å²) in [5, 5.41) is 11.6. The zero-order chi connectivity index (χ0) is 14.5. The van der Waals surface area contributed by atoms with Gasteiger partial charge < -0.3 is 15.3 Å². The summed E-state index contributed by atoms with van der Waals surface area (Å²) in [6.07, 6.45) is 1.91. The van der Waals surface area contributed by atoms with E-state index in [1.807, 2.05) is 24.3 Å². The quantitative estimate of drug-likeness (QED) is 0.836. The van der Waals surface area contributed by atoms with Crippen molar-refractivity contribution < 1.29 is 14.7 Å². The third-order valence-electron chi connectivity index (χ3n) is 3.15. The van der Waals surface area contributed by atoms with E-state index in [0.717, 1.165) is 22.9 Å². The molecule has 0 aromatic heterocycles. The molecule has 0 bridgehead atoms. The fourth-order valence-corrected chi connectivity index (χ4v) is 2.43. The summed E-state index contributed by atoms with van der Waals surface area (Å²) in [5.41, 5.74) is 1.00. The second-order valence-corrected chi connectivity index (χ2v) is 5.77. The van der Waals surface area contributed by atoms with Gasteiger partial charge in [-0.3, -0.25) is 4.79 Å². The third kappa shape index (κ3) is 4.52. The lowest BCUT2D eigenvalue weighted by molar-refractivity contribution is -0.137. The van der Waals surface area contributed by atoms with Crippen LogP contribution in [0.2, 0.25) is 0 Å². The number of urea groups is 1. The first-order valence-corrected chi connectivity index (χ1v) is 7.36. The number of carbonyl (C=O) groups is 2. The van der Waals surface area contributed by atoms with Crippen molar-refractivity contribution in [2.45, 2.75) is 31.8 Å². The minimum absolute atomic E-state index is 0.0131. The molecular formula is C14H17BrN2O3. The molecule has 2 amide bonds. The van der Waals surface area contributed by atoms with Crippen molar-refractivity contribution in [2.24, 2.45) is 0 Å². The van der Waals surface area contributed by atoms with Crippen molar-refractivity contribution >= 4 is 27.9 Å². The molecule has 1 aromatic carbocycles. The molecule has 1 saturated carbocycles. The number of carbonyl (C=O) groups excluding carboxylic acids is 1. The summed E-state index contributed by atoms with van der Waals surface area (Å²) in [6, 6.07) is 7.73. The van der Waals surface area contributed by atoms with Crippen LogP contribution in [-0.2, 0) is 11.3 Å². The fraction of sp³-hybridized carbons (Fsp3) is 0.429. The molecule has 0 spiro atoms. The predicted octanol–water partition coefficient (Wildman–Crippen LogP) is 2.60. The lowest BCUT2D eigenvalue weighted by Crippen LogP contribution is -2.42. The number of carboxylic acids is 1. The van der Waals surface area contributed by atoms with E-state index in [2.05, 4.69) is 21.2 Å². The number of nitrogens with zero attached hydrogens (tertiary/aromatic N) is 1. The lowest BCUT2D eigenvalue weighted by atomic mass is 10.2. The second-order valence-electron chi connectivity index (χ2n) is 4.86. The predicted molar refractivity (Wildman–Crippen MR) is 78.4 cm³/mol. The molecule has 2 rings (SSSR count). The van der Waals surface area contributed by atoms with Crippen molar-refractivity contribution in [1.29, 1.82) is 0 Å². The summed E-state index contributed by atoms with van der Waals surface area (Å²) < 4.78 is 0.967. The summed E-state index contributed by atoms with van der Waals surface area (Å²) >= 11 is 3.38. The number of nitrogens with one attached hydrogen (secondary N) is 1. The van der Waals surface area contributed by atoms with Gasteiger partial charge in [-0.2, -0.15) is 0 Å². The molecule has 0 heterocycles. The smallest absolute Gasteiger partial charge is 0.317 e. The van der Waals surface area contributed by atoms with E-state index < -0.39 is 5.97 Å². The Kier molecular flexibility index (Phi) is 5.00. The first-order chi connectivity index (χ1) is 9.56. The topological polar surface area (TPSA) is 69.6 Å². The van der Waals surface area contributed by atoms with E-state index in [1.165, 1.54) is 0 Å². The first-order valence-electron chi connectivity index (χ1n) is 6.57. The van der Waals surface area contributed by atoms with Gasteiger partial charge in [0.15, 0.2) is 0 Å². The van der Waals surface area contributed by atoms with Gasteiger partial charge in [-0.15, -0.1) is 0 Å². The maximum absolute atomic E-state index is 12.1. The van der Waals surface area contributed by atoms with Crippen molar-refractivity contribution in [1.82, 2.24) is 10.2 Å². The third-order valence-corrected chi connectivity index (χ3v) is 3.64. The van der Waals surface area contributed by atoms with Crippen molar-refractivity contribution in [3.05, 3.63) is 34.3 Å². The Morgan fingerprint density at radius 3 is 2.75 bits per heavy atom. The average molecular weight is 341 g/mol. The van der Waals surface area contributed by atoms with Gasteiger partial charge in [-0.05, 0) is 30.5 Å². The number of aliphatic carboxylic acids is 1. The molecule has 1 aliphatic rings. The highest BCUT2D eigenvalue weighted by Crippen LogP contribution is 2.27. The molecule has 1 aromatic rings. The van der Waals surface area contributed by atoms with Gasteiger partial charge in [-0.1, -0.05) is 28.1 Å². The highest BCUT2D eigenvalue weighted by atomic mass is 79.9. The van der Waals surface area contributed by atoms with Gasteiger partial charge in [0.1, 0.15) is 0 Å². The van der Waals surface area contributed by atoms with Crippen LogP contribution in [0.3, 0.4) is 0 Å². The molecule has 0 unspecified atom stereocenters. The van der Waals surface area contributed by atoms with Gasteiger partial charge >= 0.3 is 12.0 Å². The SMILES string of the molecule is O=C(O)CCN(C(=O)NCc1cccc(Br)c1)C1CC1. The second kappa shape index (κ2) is 6.74. The van der Waals surface area contributed by atoms with Crippen molar-refractivity contribution in [3.63, 3.8) is 0 Å². The first kappa shape index (κ1) is 14.8. The molecular weight excluding hydrogens is 324 g/mol. The largest absolute Gasteiger partial charge is 0.481 e. The van der Waals surface area contributed by atoms with Gasteiger partial charge in [-0.25, -0.2) is 4.79 Å². The van der Waals surface area contributed by atoms with Crippen LogP contribution in [0.25, 0.3) is 0 Å². The Labute approximate surface area is 126 Å². The van der Waals surface area contributed by atoms with E-state index in [1.54, 1.807) is 4.90 Å². The molecule has 5 nitrogen and oxygen atoms in total. The molecule has 20 heavy (non-hydrogen) atoms. The molecule has 0 atom stereocenters. The highest BCUT2D eigenvalue weighted by molar-refractivity contribution is 9.10. The highest BCUT2D eigenvalue weighted by Gasteiger charge is 2.32. The summed E-state index contributed by atoms with van der Waals surface area (Å²) in [6.45, 7) is 0.707. The van der Waals surface area contributed by atoms with Crippen LogP contribution in [0, 0.1) is 0 Å². The van der Waals surface area contributed by atoms with Gasteiger partial charge in [0.25, 0.3) is 0 Å². The standard InChI is InChI=1S/C14H17BrN2O3/c15-11-3-1-2-10(8-11)9-16-14(20)17(12-4-5-12)7-6-13(18)19/h1-3,8,12H,4-7,9H2,(H,16,20)(H,18,19). The maximum atomic E-state index is 12.1. The number of rotatable bonds is 6. The molecule has 0 aliphatic heterocycles. The van der Waals surface area contributed by atoms with Crippen LogP contribution >= 0.6 is 15.9 Å². The Bertz CT molecular complexity index is 503. The number of hydrogen-bond donors (Lipinski definition) is 2. The van der Waals surface area contributed by atoms with E-state index >= 15 is 0 Å². The minimum Gasteiger partial charge on any atom is -0.481 e. The lowest BCUT2D eigenvalue weighted by Gasteiger charge is -2.22. The van der Waals surface area contributed by atoms with Crippen LogP contribution in [0.1, 0.15) is 24.8 Å².